The van der Waals surface area contributed by atoms with Crippen molar-refractivity contribution in [1.29, 1.82) is 0 Å². The maximum atomic E-state index is 12.8. The molecule has 1 saturated heterocycles. The zero-order valence-corrected chi connectivity index (χ0v) is 13.5. The molecular weight excluding hydrogens is 276 g/mol. The molecule has 2 fully saturated rings. The summed E-state index contributed by atoms with van der Waals surface area (Å²) in [6.45, 7) is 5.42. The predicted octanol–water partition coefficient (Wildman–Crippen LogP) is 2.41. The molecule has 1 aliphatic heterocycles. The van der Waals surface area contributed by atoms with Crippen LogP contribution in [-0.4, -0.2) is 36.0 Å². The van der Waals surface area contributed by atoms with Crippen LogP contribution in [0.5, 0.6) is 0 Å². The summed E-state index contributed by atoms with van der Waals surface area (Å²) in [6.07, 6.45) is 2.71. The number of hydrogen-bond donors (Lipinski definition) is 1. The Morgan fingerprint density at radius 1 is 1.32 bits per heavy atom. The SMILES string of the molecule is Cc1ccccc1[C@@H]1CN(C(=O)[C@@H]2CC[C@H](N)C2)[C@H](C)CO1. The lowest BCUT2D eigenvalue weighted by molar-refractivity contribution is -0.148. The summed E-state index contributed by atoms with van der Waals surface area (Å²) in [6, 6.07) is 8.60. The Balaban J connectivity index is 1.74. The lowest BCUT2D eigenvalue weighted by Gasteiger charge is -2.40. The maximum absolute atomic E-state index is 12.8. The van der Waals surface area contributed by atoms with Crippen LogP contribution in [0.25, 0.3) is 0 Å². The van der Waals surface area contributed by atoms with Crippen LogP contribution in [-0.2, 0) is 9.53 Å². The fourth-order valence-electron chi connectivity index (χ4n) is 3.68. The predicted molar refractivity (Wildman–Crippen MR) is 86.4 cm³/mol. The van der Waals surface area contributed by atoms with Crippen molar-refractivity contribution in [3.63, 3.8) is 0 Å². The van der Waals surface area contributed by atoms with E-state index >= 15 is 0 Å². The molecule has 2 aliphatic rings. The van der Waals surface area contributed by atoms with Gasteiger partial charge in [0, 0.05) is 12.0 Å². The molecule has 4 nitrogen and oxygen atoms in total. The average molecular weight is 302 g/mol. The van der Waals surface area contributed by atoms with Crippen LogP contribution >= 0.6 is 0 Å². The van der Waals surface area contributed by atoms with Crippen LogP contribution in [0.4, 0.5) is 0 Å². The number of nitrogens with two attached hydrogens (primary N) is 1. The van der Waals surface area contributed by atoms with Crippen LogP contribution in [0, 0.1) is 12.8 Å². The van der Waals surface area contributed by atoms with Crippen molar-refractivity contribution >= 4 is 5.91 Å². The van der Waals surface area contributed by atoms with Gasteiger partial charge in [-0.1, -0.05) is 24.3 Å². The molecule has 3 rings (SSSR count). The van der Waals surface area contributed by atoms with E-state index in [1.165, 1.54) is 11.1 Å². The van der Waals surface area contributed by atoms with Crippen molar-refractivity contribution in [1.82, 2.24) is 4.90 Å². The van der Waals surface area contributed by atoms with E-state index in [1.807, 2.05) is 17.0 Å². The quantitative estimate of drug-likeness (QED) is 0.913. The Morgan fingerprint density at radius 2 is 2.09 bits per heavy atom. The molecule has 1 aliphatic carbocycles. The van der Waals surface area contributed by atoms with Gasteiger partial charge >= 0.3 is 0 Å². The van der Waals surface area contributed by atoms with E-state index in [9.17, 15) is 4.79 Å². The van der Waals surface area contributed by atoms with Gasteiger partial charge in [-0.2, -0.15) is 0 Å². The Kier molecular flexibility index (Phi) is 4.50. The van der Waals surface area contributed by atoms with E-state index in [1.54, 1.807) is 0 Å². The first-order chi connectivity index (χ1) is 10.6. The Hall–Kier alpha value is -1.39. The minimum absolute atomic E-state index is 0.0172. The number of ether oxygens (including phenoxy) is 1. The van der Waals surface area contributed by atoms with Gasteiger partial charge in [-0.05, 0) is 44.2 Å². The Labute approximate surface area is 132 Å². The molecule has 0 spiro atoms. The van der Waals surface area contributed by atoms with Crippen molar-refractivity contribution in [2.45, 2.75) is 51.3 Å². The molecule has 1 aromatic carbocycles. The third-order valence-corrected chi connectivity index (χ3v) is 5.07. The Bertz CT molecular complexity index is 546. The van der Waals surface area contributed by atoms with Gasteiger partial charge in [-0.25, -0.2) is 0 Å². The minimum Gasteiger partial charge on any atom is -0.370 e. The number of carbonyl (C=O) groups excluding carboxylic acids is 1. The van der Waals surface area contributed by atoms with Crippen LogP contribution in [0.3, 0.4) is 0 Å². The summed E-state index contributed by atoms with van der Waals surface area (Å²) >= 11 is 0. The number of amides is 1. The molecule has 0 unspecified atom stereocenters. The summed E-state index contributed by atoms with van der Waals surface area (Å²) in [5, 5.41) is 0. The fraction of sp³-hybridized carbons (Fsp3) is 0.611. The maximum Gasteiger partial charge on any atom is 0.226 e. The van der Waals surface area contributed by atoms with E-state index in [4.69, 9.17) is 10.5 Å². The third-order valence-electron chi connectivity index (χ3n) is 5.07. The van der Waals surface area contributed by atoms with E-state index in [0.717, 1.165) is 19.3 Å². The molecule has 0 radical (unpaired) electrons. The highest BCUT2D eigenvalue weighted by molar-refractivity contribution is 5.79. The van der Waals surface area contributed by atoms with Crippen molar-refractivity contribution in [2.75, 3.05) is 13.2 Å². The van der Waals surface area contributed by atoms with Crippen LogP contribution in [0.15, 0.2) is 24.3 Å². The van der Waals surface area contributed by atoms with Crippen LogP contribution in [0.1, 0.15) is 43.4 Å². The van der Waals surface area contributed by atoms with Gasteiger partial charge in [-0.15, -0.1) is 0 Å². The first-order valence-electron chi connectivity index (χ1n) is 8.29. The van der Waals surface area contributed by atoms with Crippen LogP contribution in [0.2, 0.25) is 0 Å². The second kappa shape index (κ2) is 6.39. The number of carbonyl (C=O) groups is 1. The molecule has 120 valence electrons. The molecule has 4 heteroatoms. The lowest BCUT2D eigenvalue weighted by Crippen LogP contribution is -2.50. The largest absolute Gasteiger partial charge is 0.370 e. The summed E-state index contributed by atoms with van der Waals surface area (Å²) < 4.78 is 6.00. The normalized spacial score (nSPS) is 32.2. The topological polar surface area (TPSA) is 55.6 Å². The average Bonchev–Trinajstić information content (AvgIpc) is 2.94. The van der Waals surface area contributed by atoms with Gasteiger partial charge in [0.15, 0.2) is 0 Å². The van der Waals surface area contributed by atoms with Gasteiger partial charge in [0.2, 0.25) is 5.91 Å². The third kappa shape index (κ3) is 3.03. The van der Waals surface area contributed by atoms with Gasteiger partial charge in [0.05, 0.1) is 19.2 Å². The molecule has 1 saturated carbocycles. The van der Waals surface area contributed by atoms with E-state index in [2.05, 4.69) is 26.0 Å². The van der Waals surface area contributed by atoms with Crippen LogP contribution < -0.4 is 5.73 Å². The summed E-state index contributed by atoms with van der Waals surface area (Å²) in [7, 11) is 0. The number of rotatable bonds is 2. The summed E-state index contributed by atoms with van der Waals surface area (Å²) in [5.41, 5.74) is 8.38. The van der Waals surface area contributed by atoms with Gasteiger partial charge in [0.1, 0.15) is 6.10 Å². The summed E-state index contributed by atoms with van der Waals surface area (Å²) in [4.78, 5) is 14.9. The molecule has 22 heavy (non-hydrogen) atoms. The van der Waals surface area contributed by atoms with E-state index < -0.39 is 0 Å². The zero-order valence-electron chi connectivity index (χ0n) is 13.5. The van der Waals surface area contributed by atoms with Crippen molar-refractivity contribution in [3.8, 4) is 0 Å². The number of benzene rings is 1. The summed E-state index contributed by atoms with van der Waals surface area (Å²) in [5.74, 6) is 0.371. The monoisotopic (exact) mass is 302 g/mol. The standard InChI is InChI=1S/C18H26N2O2/c1-12-5-3-4-6-16(12)17-10-20(13(2)11-22-17)18(21)14-7-8-15(19)9-14/h3-6,13-15,17H,7-11,19H2,1-2H3/t13-,14-,15+,17+/m1/s1. The number of aryl methyl sites for hydroxylation is 1. The number of hydrogen-bond acceptors (Lipinski definition) is 3. The van der Waals surface area contributed by atoms with Gasteiger partial charge < -0.3 is 15.4 Å². The zero-order chi connectivity index (χ0) is 15.7. The molecule has 0 bridgehead atoms. The highest BCUT2D eigenvalue weighted by Crippen LogP contribution is 2.31. The van der Waals surface area contributed by atoms with E-state index in [-0.39, 0.29) is 30.0 Å². The van der Waals surface area contributed by atoms with Crippen molar-refractivity contribution in [3.05, 3.63) is 35.4 Å². The highest BCUT2D eigenvalue weighted by Gasteiger charge is 2.36. The smallest absolute Gasteiger partial charge is 0.226 e. The molecule has 1 heterocycles. The van der Waals surface area contributed by atoms with Crippen molar-refractivity contribution in [2.24, 2.45) is 11.7 Å². The second-order valence-corrected chi connectivity index (χ2v) is 6.79. The van der Waals surface area contributed by atoms with Gasteiger partial charge in [-0.3, -0.25) is 4.79 Å². The molecule has 0 aromatic heterocycles. The Morgan fingerprint density at radius 3 is 2.77 bits per heavy atom. The first kappa shape index (κ1) is 15.5. The molecule has 1 amide bonds. The molecule has 1 aromatic rings. The second-order valence-electron chi connectivity index (χ2n) is 6.79. The minimum atomic E-state index is -0.0172. The van der Waals surface area contributed by atoms with Gasteiger partial charge in [0.25, 0.3) is 0 Å². The fourth-order valence-corrected chi connectivity index (χ4v) is 3.68. The number of morpholine rings is 1. The molecular formula is C18H26N2O2. The lowest BCUT2D eigenvalue weighted by atomic mass is 9.99. The van der Waals surface area contributed by atoms with Crippen molar-refractivity contribution < 1.29 is 9.53 Å². The molecule has 4 atom stereocenters. The van der Waals surface area contributed by atoms with E-state index in [0.29, 0.717) is 13.2 Å². The molecule has 2 N–H and O–H groups in total. The first-order valence-corrected chi connectivity index (χ1v) is 8.29. The number of nitrogens with zero attached hydrogens (tertiary/aromatic N) is 1. The highest BCUT2D eigenvalue weighted by atomic mass is 16.5.